The van der Waals surface area contributed by atoms with Gasteiger partial charge in [0.05, 0.1) is 0 Å². The zero-order chi connectivity index (χ0) is 14.3. The maximum atomic E-state index is 11.5. The lowest BCUT2D eigenvalue weighted by atomic mass is 10.0. The fraction of sp³-hybridized carbons (Fsp3) is 0.429. The van der Waals surface area contributed by atoms with Crippen molar-refractivity contribution in [3.05, 3.63) is 23.8 Å². The molecule has 19 heavy (non-hydrogen) atoms. The van der Waals surface area contributed by atoms with Crippen molar-refractivity contribution >= 4 is 11.7 Å². The van der Waals surface area contributed by atoms with Gasteiger partial charge in [0.2, 0.25) is 5.91 Å². The molecule has 0 spiro atoms. The van der Waals surface area contributed by atoms with Crippen LogP contribution in [0.4, 0.5) is 0 Å². The van der Waals surface area contributed by atoms with Gasteiger partial charge in [-0.2, -0.15) is 0 Å². The van der Waals surface area contributed by atoms with Crippen molar-refractivity contribution in [3.8, 4) is 11.5 Å². The number of phenols is 2. The zero-order valence-corrected chi connectivity index (χ0v) is 11.0. The van der Waals surface area contributed by atoms with E-state index in [1.165, 1.54) is 12.1 Å². The molecule has 0 atom stereocenters. The molecule has 0 radical (unpaired) electrons. The van der Waals surface area contributed by atoms with Crippen LogP contribution in [0.3, 0.4) is 0 Å². The highest BCUT2D eigenvalue weighted by Gasteiger charge is 2.06. The molecular weight excluding hydrogens is 246 g/mol. The summed E-state index contributed by atoms with van der Waals surface area (Å²) in [6.07, 6.45) is 2.23. The molecular formula is C14H19NO4. The maximum absolute atomic E-state index is 11.5. The predicted octanol–water partition coefficient (Wildman–Crippen LogP) is 1.52. The summed E-state index contributed by atoms with van der Waals surface area (Å²) in [6, 6.07) is 4.63. The van der Waals surface area contributed by atoms with E-state index in [-0.39, 0.29) is 36.0 Å². The minimum atomic E-state index is -0.150. The number of nitrogens with one attached hydrogen (secondary N) is 1. The third kappa shape index (κ3) is 5.42. The van der Waals surface area contributed by atoms with Crippen molar-refractivity contribution in [2.45, 2.75) is 32.1 Å². The molecule has 0 heterocycles. The van der Waals surface area contributed by atoms with Gasteiger partial charge in [0.25, 0.3) is 0 Å². The topological polar surface area (TPSA) is 86.6 Å². The normalized spacial score (nSPS) is 10.2. The van der Waals surface area contributed by atoms with Gasteiger partial charge in [-0.15, -0.1) is 0 Å². The van der Waals surface area contributed by atoms with Gasteiger partial charge in [-0.1, -0.05) is 6.07 Å². The van der Waals surface area contributed by atoms with Gasteiger partial charge in [-0.25, -0.2) is 0 Å². The molecule has 0 fully saturated rings. The van der Waals surface area contributed by atoms with Gasteiger partial charge in [0, 0.05) is 26.3 Å². The number of amides is 1. The number of Topliss-reactive ketones (excluding diaryl/α,β-unsaturated/α-hetero) is 1. The summed E-state index contributed by atoms with van der Waals surface area (Å²) < 4.78 is 0. The first kappa shape index (κ1) is 15.0. The molecule has 3 N–H and O–H groups in total. The standard InChI is InChI=1S/C14H19NO4/c1-15-14(19)8-6-11(16)4-2-3-10-5-7-12(17)13(18)9-10/h5,7,9,17-18H,2-4,6,8H2,1H3,(H,15,19). The summed E-state index contributed by atoms with van der Waals surface area (Å²) in [5.41, 5.74) is 0.870. The highest BCUT2D eigenvalue weighted by Crippen LogP contribution is 2.25. The monoisotopic (exact) mass is 265 g/mol. The van der Waals surface area contributed by atoms with Crippen LogP contribution in [-0.4, -0.2) is 29.0 Å². The molecule has 1 amide bonds. The Morgan fingerprint density at radius 3 is 2.47 bits per heavy atom. The van der Waals surface area contributed by atoms with Crippen molar-refractivity contribution in [2.24, 2.45) is 0 Å². The van der Waals surface area contributed by atoms with Gasteiger partial charge in [-0.3, -0.25) is 9.59 Å². The van der Waals surface area contributed by atoms with E-state index in [4.69, 9.17) is 5.11 Å². The van der Waals surface area contributed by atoms with Crippen LogP contribution in [0.2, 0.25) is 0 Å². The number of carbonyl (C=O) groups is 2. The third-order valence-electron chi connectivity index (χ3n) is 2.87. The van der Waals surface area contributed by atoms with E-state index >= 15 is 0 Å². The van der Waals surface area contributed by atoms with Gasteiger partial charge >= 0.3 is 0 Å². The van der Waals surface area contributed by atoms with E-state index in [1.54, 1.807) is 13.1 Å². The number of rotatable bonds is 7. The summed E-state index contributed by atoms with van der Waals surface area (Å²) in [7, 11) is 1.55. The fourth-order valence-electron chi connectivity index (χ4n) is 1.72. The van der Waals surface area contributed by atoms with E-state index in [0.29, 0.717) is 19.3 Å². The third-order valence-corrected chi connectivity index (χ3v) is 2.87. The SMILES string of the molecule is CNC(=O)CCC(=O)CCCc1ccc(O)c(O)c1. The molecule has 0 aliphatic heterocycles. The average Bonchev–Trinajstić information content (AvgIpc) is 2.40. The number of hydrogen-bond donors (Lipinski definition) is 3. The average molecular weight is 265 g/mol. The molecule has 5 heteroatoms. The van der Waals surface area contributed by atoms with Crippen molar-refractivity contribution in [3.63, 3.8) is 0 Å². The van der Waals surface area contributed by atoms with Crippen LogP contribution in [0, 0.1) is 0 Å². The molecule has 0 unspecified atom stereocenters. The molecule has 1 aromatic rings. The van der Waals surface area contributed by atoms with Gasteiger partial charge in [0.15, 0.2) is 11.5 Å². The first-order chi connectivity index (χ1) is 9.02. The molecule has 0 saturated carbocycles. The van der Waals surface area contributed by atoms with Crippen LogP contribution < -0.4 is 5.32 Å². The predicted molar refractivity (Wildman–Crippen MR) is 71.0 cm³/mol. The van der Waals surface area contributed by atoms with Gasteiger partial charge < -0.3 is 15.5 Å². The molecule has 0 aliphatic carbocycles. The number of ketones is 1. The van der Waals surface area contributed by atoms with E-state index < -0.39 is 0 Å². The van der Waals surface area contributed by atoms with Crippen LogP contribution in [0.25, 0.3) is 0 Å². The Morgan fingerprint density at radius 1 is 1.11 bits per heavy atom. The molecule has 5 nitrogen and oxygen atoms in total. The molecule has 0 aliphatic rings. The van der Waals surface area contributed by atoms with Gasteiger partial charge in [0.1, 0.15) is 5.78 Å². The van der Waals surface area contributed by atoms with Crippen LogP contribution in [-0.2, 0) is 16.0 Å². The lowest BCUT2D eigenvalue weighted by Gasteiger charge is -2.04. The lowest BCUT2D eigenvalue weighted by molar-refractivity contribution is -0.125. The molecule has 104 valence electrons. The summed E-state index contributed by atoms with van der Waals surface area (Å²) in [5.74, 6) is -0.364. The Hall–Kier alpha value is -2.04. The maximum Gasteiger partial charge on any atom is 0.220 e. The summed E-state index contributed by atoms with van der Waals surface area (Å²) >= 11 is 0. The van der Waals surface area contributed by atoms with E-state index in [2.05, 4.69) is 5.32 Å². The lowest BCUT2D eigenvalue weighted by Crippen LogP contribution is -2.18. The Morgan fingerprint density at radius 2 is 1.84 bits per heavy atom. The first-order valence-corrected chi connectivity index (χ1v) is 6.26. The highest BCUT2D eigenvalue weighted by atomic mass is 16.3. The quantitative estimate of drug-likeness (QED) is 0.652. The van der Waals surface area contributed by atoms with Crippen LogP contribution in [0.1, 0.15) is 31.2 Å². The fourth-order valence-corrected chi connectivity index (χ4v) is 1.72. The Bertz CT molecular complexity index is 457. The second-order valence-corrected chi connectivity index (χ2v) is 4.39. The molecule has 0 bridgehead atoms. The number of aromatic hydroxyl groups is 2. The van der Waals surface area contributed by atoms with Gasteiger partial charge in [-0.05, 0) is 30.5 Å². The number of carbonyl (C=O) groups excluding carboxylic acids is 2. The zero-order valence-electron chi connectivity index (χ0n) is 11.0. The largest absolute Gasteiger partial charge is 0.504 e. The highest BCUT2D eigenvalue weighted by molar-refractivity contribution is 5.84. The second-order valence-electron chi connectivity index (χ2n) is 4.39. The minimum absolute atomic E-state index is 0.0617. The van der Waals surface area contributed by atoms with Crippen molar-refractivity contribution in [2.75, 3.05) is 7.05 Å². The first-order valence-electron chi connectivity index (χ1n) is 6.26. The molecule has 1 rings (SSSR count). The Labute approximate surface area is 112 Å². The Balaban J connectivity index is 2.28. The summed E-state index contributed by atoms with van der Waals surface area (Å²) in [6.45, 7) is 0. The van der Waals surface area contributed by atoms with Crippen molar-refractivity contribution in [1.29, 1.82) is 0 Å². The van der Waals surface area contributed by atoms with E-state index in [1.807, 2.05) is 0 Å². The smallest absolute Gasteiger partial charge is 0.220 e. The molecule has 1 aromatic carbocycles. The van der Waals surface area contributed by atoms with E-state index in [9.17, 15) is 14.7 Å². The summed E-state index contributed by atoms with van der Waals surface area (Å²) in [4.78, 5) is 22.5. The van der Waals surface area contributed by atoms with Crippen LogP contribution in [0.15, 0.2) is 18.2 Å². The Kier molecular flexibility index (Phi) is 5.85. The molecule has 0 aromatic heterocycles. The van der Waals surface area contributed by atoms with E-state index in [0.717, 1.165) is 5.56 Å². The summed E-state index contributed by atoms with van der Waals surface area (Å²) in [5, 5.41) is 21.0. The van der Waals surface area contributed by atoms with Crippen molar-refractivity contribution in [1.82, 2.24) is 5.32 Å². The number of phenolic OH excluding ortho intramolecular Hbond substituents is 2. The van der Waals surface area contributed by atoms with Crippen LogP contribution >= 0.6 is 0 Å². The number of aryl methyl sites for hydroxylation is 1. The molecule has 0 saturated heterocycles. The second kappa shape index (κ2) is 7.41. The minimum Gasteiger partial charge on any atom is -0.504 e. The van der Waals surface area contributed by atoms with Crippen molar-refractivity contribution < 1.29 is 19.8 Å². The number of hydrogen-bond acceptors (Lipinski definition) is 4. The number of benzene rings is 1. The van der Waals surface area contributed by atoms with Crippen LogP contribution in [0.5, 0.6) is 11.5 Å².